The van der Waals surface area contributed by atoms with Crippen LogP contribution in [0.1, 0.15) is 11.1 Å². The molecule has 0 heterocycles. The summed E-state index contributed by atoms with van der Waals surface area (Å²) in [6.45, 7) is 0. The van der Waals surface area contributed by atoms with E-state index in [1.807, 2.05) is 0 Å². The van der Waals surface area contributed by atoms with Gasteiger partial charge in [0, 0.05) is 0 Å². The average molecular weight is 400 g/mol. The van der Waals surface area contributed by atoms with Crippen molar-refractivity contribution in [3.63, 3.8) is 0 Å². The molecule has 0 aliphatic carbocycles. The summed E-state index contributed by atoms with van der Waals surface area (Å²) in [6, 6.07) is 5.25. The van der Waals surface area contributed by atoms with E-state index in [4.69, 9.17) is 22.9 Å². The third kappa shape index (κ3) is 3.72. The highest BCUT2D eigenvalue weighted by atomic mass is 32.2. The summed E-state index contributed by atoms with van der Waals surface area (Å²) in [6.07, 6.45) is 2.66. The maximum absolute atomic E-state index is 11.4. The van der Waals surface area contributed by atoms with E-state index in [9.17, 15) is 25.9 Å². The molecule has 2 rings (SSSR count). The molecule has 0 amide bonds. The van der Waals surface area contributed by atoms with Crippen molar-refractivity contribution >= 4 is 55.1 Å². The molecule has 2 aromatic carbocycles. The fourth-order valence-electron chi connectivity index (χ4n) is 2.31. The fraction of sp³-hybridized carbons (Fsp3) is 0. The lowest BCUT2D eigenvalue weighted by atomic mass is 10.1. The van der Waals surface area contributed by atoms with E-state index >= 15 is 0 Å². The van der Waals surface area contributed by atoms with Crippen molar-refractivity contribution in [2.75, 3.05) is 22.9 Å². The Bertz CT molecular complexity index is 1040. The van der Waals surface area contributed by atoms with E-state index in [0.717, 1.165) is 0 Å². The van der Waals surface area contributed by atoms with E-state index in [1.165, 1.54) is 36.4 Å². The third-order valence-corrected chi connectivity index (χ3v) is 5.42. The van der Waals surface area contributed by atoms with E-state index < -0.39 is 30.0 Å². The topological polar surface area (TPSA) is 213 Å². The number of hydrogen-bond acceptors (Lipinski definition) is 8. The van der Waals surface area contributed by atoms with Crippen molar-refractivity contribution in [1.82, 2.24) is 0 Å². The van der Waals surface area contributed by atoms with Gasteiger partial charge in [-0.25, -0.2) is 0 Å². The standard InChI is InChI=1S/C14H16N4O6S2/c15-9-5-3-7(11(17)13(9)25(19,20)21)1-2-8-4-6-10(16)14(12(8)18)26(22,23)24/h1-6H,15-18H2,(H,19,20,21)(H,22,23,24)/b2-1+. The maximum Gasteiger partial charge on any atom is 0.298 e. The summed E-state index contributed by atoms with van der Waals surface area (Å²) in [5.41, 5.74) is 21.8. The Morgan fingerprint density at radius 3 is 1.23 bits per heavy atom. The number of rotatable bonds is 4. The lowest BCUT2D eigenvalue weighted by Gasteiger charge is -2.10. The zero-order valence-electron chi connectivity index (χ0n) is 13.1. The van der Waals surface area contributed by atoms with Crippen molar-refractivity contribution in [1.29, 1.82) is 0 Å². The van der Waals surface area contributed by atoms with Crippen LogP contribution in [0.2, 0.25) is 0 Å². The van der Waals surface area contributed by atoms with Gasteiger partial charge in [-0.1, -0.05) is 24.3 Å². The minimum atomic E-state index is -4.65. The Morgan fingerprint density at radius 1 is 0.654 bits per heavy atom. The first kappa shape index (κ1) is 19.5. The van der Waals surface area contributed by atoms with Crippen molar-refractivity contribution in [2.24, 2.45) is 0 Å². The van der Waals surface area contributed by atoms with Crippen LogP contribution in [-0.2, 0) is 20.2 Å². The van der Waals surface area contributed by atoms with E-state index in [1.54, 1.807) is 0 Å². The normalized spacial score (nSPS) is 12.5. The summed E-state index contributed by atoms with van der Waals surface area (Å²) < 4.78 is 64.0. The maximum atomic E-state index is 11.4. The molecule has 0 saturated carbocycles. The second-order valence-corrected chi connectivity index (χ2v) is 7.97. The first-order chi connectivity index (χ1) is 11.8. The monoisotopic (exact) mass is 400 g/mol. The van der Waals surface area contributed by atoms with Crippen LogP contribution in [0.5, 0.6) is 0 Å². The Kier molecular flexibility index (Phi) is 4.88. The summed E-state index contributed by atoms with van der Waals surface area (Å²) in [5, 5.41) is 0. The van der Waals surface area contributed by atoms with Gasteiger partial charge in [0.05, 0.1) is 22.7 Å². The number of hydrogen-bond donors (Lipinski definition) is 6. The molecule has 0 spiro atoms. The highest BCUT2D eigenvalue weighted by molar-refractivity contribution is 7.86. The van der Waals surface area contributed by atoms with Crippen LogP contribution < -0.4 is 22.9 Å². The molecule has 0 aliphatic heterocycles. The number of benzene rings is 2. The first-order valence-electron chi connectivity index (χ1n) is 6.83. The van der Waals surface area contributed by atoms with Crippen LogP contribution in [0.3, 0.4) is 0 Å². The Labute approximate surface area is 149 Å². The molecule has 140 valence electrons. The van der Waals surface area contributed by atoms with Crippen LogP contribution >= 0.6 is 0 Å². The molecule has 26 heavy (non-hydrogen) atoms. The summed E-state index contributed by atoms with van der Waals surface area (Å²) >= 11 is 0. The van der Waals surface area contributed by atoms with Gasteiger partial charge in [-0.3, -0.25) is 9.11 Å². The molecule has 0 aromatic heterocycles. The molecule has 0 aliphatic rings. The predicted octanol–water partition coefficient (Wildman–Crippen LogP) is 0.679. The largest absolute Gasteiger partial charge is 0.398 e. The molecule has 0 saturated heterocycles. The second kappa shape index (κ2) is 6.49. The molecule has 10 N–H and O–H groups in total. The third-order valence-electron chi connectivity index (χ3n) is 3.48. The number of nitrogen functional groups attached to an aromatic ring is 4. The minimum Gasteiger partial charge on any atom is -0.398 e. The van der Waals surface area contributed by atoms with Gasteiger partial charge in [-0.05, 0) is 23.3 Å². The van der Waals surface area contributed by atoms with Crippen LogP contribution in [-0.4, -0.2) is 25.9 Å². The summed E-state index contributed by atoms with van der Waals surface area (Å²) in [4.78, 5) is -1.27. The lowest BCUT2D eigenvalue weighted by Crippen LogP contribution is -2.09. The van der Waals surface area contributed by atoms with E-state index in [-0.39, 0.29) is 33.9 Å². The summed E-state index contributed by atoms with van der Waals surface area (Å²) in [5.74, 6) is 0. The first-order valence-corrected chi connectivity index (χ1v) is 9.71. The molecule has 0 unspecified atom stereocenters. The van der Waals surface area contributed by atoms with Gasteiger partial charge in [0.15, 0.2) is 0 Å². The molecule has 12 heteroatoms. The van der Waals surface area contributed by atoms with Crippen molar-refractivity contribution < 1.29 is 25.9 Å². The van der Waals surface area contributed by atoms with Gasteiger partial charge >= 0.3 is 0 Å². The molecule has 0 fully saturated rings. The number of nitrogens with two attached hydrogens (primary N) is 4. The van der Waals surface area contributed by atoms with Crippen molar-refractivity contribution in [2.45, 2.75) is 9.79 Å². The van der Waals surface area contributed by atoms with Crippen molar-refractivity contribution in [3.8, 4) is 0 Å². The smallest absolute Gasteiger partial charge is 0.298 e. The van der Waals surface area contributed by atoms with Gasteiger partial charge in [0.1, 0.15) is 9.79 Å². The van der Waals surface area contributed by atoms with Crippen LogP contribution in [0.4, 0.5) is 22.7 Å². The molecular weight excluding hydrogens is 384 g/mol. The molecule has 10 nitrogen and oxygen atoms in total. The molecule has 0 atom stereocenters. The van der Waals surface area contributed by atoms with Gasteiger partial charge in [0.25, 0.3) is 20.2 Å². The predicted molar refractivity (Wildman–Crippen MR) is 99.1 cm³/mol. The van der Waals surface area contributed by atoms with E-state index in [2.05, 4.69) is 0 Å². The highest BCUT2D eigenvalue weighted by Gasteiger charge is 2.21. The Balaban J connectivity index is 2.60. The molecule has 0 bridgehead atoms. The quantitative estimate of drug-likeness (QED) is 0.240. The SMILES string of the molecule is Nc1ccc(/C=C/c2ccc(N)c(S(=O)(=O)O)c2N)c(N)c1S(=O)(=O)O. The average Bonchev–Trinajstić information content (AvgIpc) is 2.45. The van der Waals surface area contributed by atoms with Crippen LogP contribution in [0.15, 0.2) is 34.1 Å². The van der Waals surface area contributed by atoms with Gasteiger partial charge in [-0.2, -0.15) is 16.8 Å². The minimum absolute atomic E-state index is 0.177. The Morgan fingerprint density at radius 2 is 0.962 bits per heavy atom. The summed E-state index contributed by atoms with van der Waals surface area (Å²) in [7, 11) is -9.29. The van der Waals surface area contributed by atoms with Gasteiger partial charge in [-0.15, -0.1) is 0 Å². The lowest BCUT2D eigenvalue weighted by molar-refractivity contribution is 0.481. The second-order valence-electron chi connectivity index (χ2n) is 5.26. The van der Waals surface area contributed by atoms with Crippen molar-refractivity contribution in [3.05, 3.63) is 35.4 Å². The zero-order valence-corrected chi connectivity index (χ0v) is 14.8. The Hall–Kier alpha value is -2.80. The highest BCUT2D eigenvalue weighted by Crippen LogP contribution is 2.32. The van der Waals surface area contributed by atoms with Crippen LogP contribution in [0.25, 0.3) is 12.2 Å². The van der Waals surface area contributed by atoms with Crippen LogP contribution in [0, 0.1) is 0 Å². The molecular formula is C14H16N4O6S2. The van der Waals surface area contributed by atoms with Gasteiger partial charge < -0.3 is 22.9 Å². The van der Waals surface area contributed by atoms with E-state index in [0.29, 0.717) is 0 Å². The molecule has 0 radical (unpaired) electrons. The number of anilines is 4. The fourth-order valence-corrected chi connectivity index (χ4v) is 3.83. The van der Waals surface area contributed by atoms with Gasteiger partial charge in [0.2, 0.25) is 0 Å². The molecule has 2 aromatic rings. The zero-order chi connectivity index (χ0) is 19.9.